The summed E-state index contributed by atoms with van der Waals surface area (Å²) in [6, 6.07) is 0. The van der Waals surface area contributed by atoms with Crippen LogP contribution in [-0.4, -0.2) is 132 Å². The number of aliphatic hydroxyl groups excluding tert-OH is 1. The highest BCUT2D eigenvalue weighted by Crippen LogP contribution is 2.29. The SMILES string of the molecule is CCCCCCCCCCCCCCCCCCCCOC(=O)C(C)SC(CCCCCCCCC)C(OC(=O)CCCN(CCCN1CCN(C)CC1)CC(O)CCCCCCCC)C(=O)O. The molecule has 68 heavy (non-hydrogen) atoms. The second-order valence-corrected chi connectivity index (χ2v) is 22.4. The fraction of sp³-hybridized carbons (Fsp3) is 0.947. The van der Waals surface area contributed by atoms with Crippen LogP contribution in [0.1, 0.15) is 259 Å². The van der Waals surface area contributed by atoms with Gasteiger partial charge in [0.2, 0.25) is 6.10 Å². The van der Waals surface area contributed by atoms with Crippen LogP contribution in [0.25, 0.3) is 0 Å². The van der Waals surface area contributed by atoms with E-state index in [1.54, 1.807) is 6.92 Å². The number of piperazine rings is 1. The molecule has 0 aliphatic carbocycles. The molecule has 0 aromatic heterocycles. The quantitative estimate of drug-likeness (QED) is 0.0448. The monoisotopic (exact) mass is 982 g/mol. The third kappa shape index (κ3) is 38.3. The number of rotatable bonds is 50. The molecule has 0 spiro atoms. The van der Waals surface area contributed by atoms with Gasteiger partial charge < -0.3 is 34.4 Å². The number of carboxylic acid groups (broad SMARTS) is 1. The van der Waals surface area contributed by atoms with Gasteiger partial charge in [0, 0.05) is 39.1 Å². The molecule has 0 aromatic carbocycles. The molecule has 402 valence electrons. The van der Waals surface area contributed by atoms with Crippen LogP contribution >= 0.6 is 11.8 Å². The van der Waals surface area contributed by atoms with Gasteiger partial charge in [-0.2, -0.15) is 0 Å². The molecule has 1 aliphatic heterocycles. The lowest BCUT2D eigenvalue weighted by atomic mass is 10.0. The summed E-state index contributed by atoms with van der Waals surface area (Å²) < 4.78 is 11.5. The fourth-order valence-electron chi connectivity index (χ4n) is 9.57. The third-order valence-electron chi connectivity index (χ3n) is 14.1. The van der Waals surface area contributed by atoms with Gasteiger partial charge in [-0.05, 0) is 65.7 Å². The number of nitrogens with zero attached hydrogens (tertiary/aromatic N) is 3. The first-order valence-electron chi connectivity index (χ1n) is 29.2. The maximum atomic E-state index is 13.4. The molecule has 0 radical (unpaired) electrons. The second kappa shape index (κ2) is 46.7. The molecule has 10 nitrogen and oxygen atoms in total. The van der Waals surface area contributed by atoms with E-state index in [9.17, 15) is 24.6 Å². The Balaban J connectivity index is 2.59. The van der Waals surface area contributed by atoms with Gasteiger partial charge in [-0.25, -0.2) is 4.79 Å². The van der Waals surface area contributed by atoms with E-state index in [2.05, 4.69) is 42.5 Å². The molecule has 1 saturated heterocycles. The first-order chi connectivity index (χ1) is 33.1. The van der Waals surface area contributed by atoms with Gasteiger partial charge in [-0.15, -0.1) is 11.8 Å². The smallest absolute Gasteiger partial charge is 0.346 e. The Morgan fingerprint density at radius 1 is 0.574 bits per heavy atom. The van der Waals surface area contributed by atoms with E-state index in [1.165, 1.54) is 153 Å². The van der Waals surface area contributed by atoms with Crippen LogP contribution in [0.3, 0.4) is 0 Å². The first-order valence-corrected chi connectivity index (χ1v) is 30.1. The highest BCUT2D eigenvalue weighted by Gasteiger charge is 2.35. The van der Waals surface area contributed by atoms with Crippen LogP contribution in [0.15, 0.2) is 0 Å². The van der Waals surface area contributed by atoms with Crippen molar-refractivity contribution >= 4 is 29.7 Å². The number of likely N-dealkylation sites (N-methyl/N-ethyl adjacent to an activating group) is 1. The standard InChI is InChI=1S/C57H111N3O7S/c1-6-9-12-15-18-19-20-21-22-23-24-25-26-27-28-30-33-36-49-66-57(65)51(4)68-53(40-35-32-29-16-13-10-7-2)55(56(63)64)67-54(62)41-37-42-60(44-38-43-59-47-45-58(5)46-48-59)50-52(61)39-34-31-17-14-11-8-3/h51-53,55,61H,6-50H2,1-5H3,(H,63,64). The Kier molecular flexibility index (Phi) is 44.3. The largest absolute Gasteiger partial charge is 0.478 e. The Hall–Kier alpha value is -1.40. The predicted molar refractivity (Wildman–Crippen MR) is 289 cm³/mol. The summed E-state index contributed by atoms with van der Waals surface area (Å²) in [5.74, 6) is -2.01. The number of esters is 2. The van der Waals surface area contributed by atoms with Crippen LogP contribution in [0.4, 0.5) is 0 Å². The van der Waals surface area contributed by atoms with Crippen molar-refractivity contribution in [2.75, 3.05) is 66.0 Å². The lowest BCUT2D eigenvalue weighted by Gasteiger charge is -2.33. The van der Waals surface area contributed by atoms with Crippen LogP contribution in [0.5, 0.6) is 0 Å². The summed E-state index contributed by atoms with van der Waals surface area (Å²) in [6.45, 7) is 16.3. The summed E-state index contributed by atoms with van der Waals surface area (Å²) in [5, 5.41) is 20.3. The van der Waals surface area contributed by atoms with E-state index in [-0.39, 0.29) is 12.4 Å². The number of carboxylic acids is 1. The lowest BCUT2D eigenvalue weighted by Crippen LogP contribution is -2.45. The van der Waals surface area contributed by atoms with Gasteiger partial charge in [0.25, 0.3) is 0 Å². The molecule has 0 bridgehead atoms. The molecule has 1 rings (SSSR count). The van der Waals surface area contributed by atoms with Crippen molar-refractivity contribution in [2.45, 2.75) is 282 Å². The van der Waals surface area contributed by atoms with Gasteiger partial charge in [0.15, 0.2) is 0 Å². The number of thioether (sulfide) groups is 1. The number of ether oxygens (including phenoxy) is 2. The summed E-state index contributed by atoms with van der Waals surface area (Å²) in [5.41, 5.74) is 0. The minimum atomic E-state index is -1.34. The topological polar surface area (TPSA) is 120 Å². The zero-order valence-corrected chi connectivity index (χ0v) is 46.1. The van der Waals surface area contributed by atoms with Gasteiger partial charge in [0.1, 0.15) is 5.25 Å². The van der Waals surface area contributed by atoms with Crippen LogP contribution in [-0.2, 0) is 23.9 Å². The Morgan fingerprint density at radius 2 is 1.00 bits per heavy atom. The van der Waals surface area contributed by atoms with E-state index in [0.29, 0.717) is 32.5 Å². The molecule has 4 unspecified atom stereocenters. The number of unbranched alkanes of at least 4 members (excludes halogenated alkanes) is 28. The van der Waals surface area contributed by atoms with Crippen molar-refractivity contribution in [3.05, 3.63) is 0 Å². The van der Waals surface area contributed by atoms with Crippen molar-refractivity contribution in [1.82, 2.24) is 14.7 Å². The molecule has 1 heterocycles. The molecule has 4 atom stereocenters. The van der Waals surface area contributed by atoms with E-state index < -0.39 is 34.6 Å². The fourth-order valence-corrected chi connectivity index (χ4v) is 10.9. The minimum absolute atomic E-state index is 0.109. The second-order valence-electron chi connectivity index (χ2n) is 20.8. The molecular weight excluding hydrogens is 871 g/mol. The Morgan fingerprint density at radius 3 is 1.47 bits per heavy atom. The number of hydrogen-bond acceptors (Lipinski definition) is 10. The number of carbonyl (C=O) groups excluding carboxylic acids is 2. The van der Waals surface area contributed by atoms with E-state index >= 15 is 0 Å². The third-order valence-corrected chi connectivity index (χ3v) is 15.6. The molecule has 2 N–H and O–H groups in total. The van der Waals surface area contributed by atoms with E-state index in [1.807, 2.05) is 0 Å². The molecule has 0 aromatic rings. The molecular formula is C57H111N3O7S. The summed E-state index contributed by atoms with van der Waals surface area (Å²) >= 11 is 1.29. The van der Waals surface area contributed by atoms with Crippen molar-refractivity contribution in [2.24, 2.45) is 0 Å². The first kappa shape index (κ1) is 64.6. The zero-order chi connectivity index (χ0) is 49.7. The number of aliphatic hydroxyl groups is 1. The summed E-state index contributed by atoms with van der Waals surface area (Å²) in [7, 11) is 2.17. The average molecular weight is 983 g/mol. The highest BCUT2D eigenvalue weighted by atomic mass is 32.2. The van der Waals surface area contributed by atoms with Crippen molar-refractivity contribution in [3.8, 4) is 0 Å². The van der Waals surface area contributed by atoms with E-state index in [0.717, 1.165) is 110 Å². The molecule has 0 amide bonds. The average Bonchev–Trinajstić information content (AvgIpc) is 3.32. The maximum Gasteiger partial charge on any atom is 0.346 e. The van der Waals surface area contributed by atoms with Gasteiger partial charge in [0.05, 0.1) is 18.0 Å². The molecule has 1 fully saturated rings. The Labute approximate surface area is 424 Å². The molecule has 11 heteroatoms. The predicted octanol–water partition coefficient (Wildman–Crippen LogP) is 14.0. The van der Waals surface area contributed by atoms with Crippen molar-refractivity contribution in [3.63, 3.8) is 0 Å². The summed E-state index contributed by atoms with van der Waals surface area (Å²) in [4.78, 5) is 46.5. The van der Waals surface area contributed by atoms with Gasteiger partial charge in [-0.1, -0.05) is 213 Å². The molecule has 0 saturated carbocycles. The number of aliphatic carboxylic acids is 1. The Bertz CT molecular complexity index is 1160. The van der Waals surface area contributed by atoms with Crippen molar-refractivity contribution in [1.29, 1.82) is 0 Å². The highest BCUT2D eigenvalue weighted by molar-refractivity contribution is 8.01. The minimum Gasteiger partial charge on any atom is -0.478 e. The van der Waals surface area contributed by atoms with Gasteiger partial charge in [-0.3, -0.25) is 9.59 Å². The lowest BCUT2D eigenvalue weighted by molar-refractivity contribution is -0.164. The number of carbonyl (C=O) groups is 3. The van der Waals surface area contributed by atoms with Crippen molar-refractivity contribution < 1.29 is 34.1 Å². The van der Waals surface area contributed by atoms with E-state index in [4.69, 9.17) is 9.47 Å². The normalized spacial score (nSPS) is 15.4. The maximum absolute atomic E-state index is 13.4. The zero-order valence-electron chi connectivity index (χ0n) is 45.3. The van der Waals surface area contributed by atoms with Crippen LogP contribution < -0.4 is 0 Å². The van der Waals surface area contributed by atoms with Gasteiger partial charge >= 0.3 is 17.9 Å². The van der Waals surface area contributed by atoms with Crippen LogP contribution in [0, 0.1) is 0 Å². The van der Waals surface area contributed by atoms with Crippen LogP contribution in [0.2, 0.25) is 0 Å². The summed E-state index contributed by atoms with van der Waals surface area (Å²) in [6.07, 6.45) is 39.6. The number of hydrogen-bond donors (Lipinski definition) is 2. The molecule has 1 aliphatic rings.